The van der Waals surface area contributed by atoms with E-state index in [-0.39, 0.29) is 87.0 Å². The Morgan fingerprint density at radius 3 is 1.16 bits per heavy atom. The number of sulfonamides is 2. The largest absolute Gasteiger partial charge is 0.479 e. The molecule has 14 atom stereocenters. The van der Waals surface area contributed by atoms with Crippen LogP contribution in [0.5, 0.6) is 23.5 Å². The van der Waals surface area contributed by atoms with Crippen LogP contribution in [0.3, 0.4) is 0 Å². The molecule has 0 radical (unpaired) electrons. The van der Waals surface area contributed by atoms with Crippen molar-refractivity contribution in [3.05, 3.63) is 72.8 Å². The molecule has 4 saturated carbocycles. The van der Waals surface area contributed by atoms with Crippen LogP contribution in [0.1, 0.15) is 171 Å². The van der Waals surface area contributed by atoms with Crippen LogP contribution in [0.4, 0.5) is 26.3 Å². The molecular formula is C78H98F6N8O18S2. The van der Waals surface area contributed by atoms with Crippen molar-refractivity contribution < 1.29 is 110 Å². The van der Waals surface area contributed by atoms with Gasteiger partial charge in [0.25, 0.3) is 0 Å². The Kier molecular flexibility index (Phi) is 24.7. The van der Waals surface area contributed by atoms with Gasteiger partial charge in [-0.1, -0.05) is 76.3 Å². The zero-order valence-electron chi connectivity index (χ0n) is 64.3. The van der Waals surface area contributed by atoms with E-state index in [4.69, 9.17) is 28.4 Å². The lowest BCUT2D eigenvalue weighted by Gasteiger charge is -2.33. The van der Waals surface area contributed by atoms with Crippen LogP contribution in [0.15, 0.2) is 72.8 Å². The fourth-order valence-electron chi connectivity index (χ4n) is 16.0. The minimum absolute atomic E-state index is 0.0164. The number of amides is 4. The maximum atomic E-state index is 14.8. The molecule has 4 aromatic rings. The van der Waals surface area contributed by atoms with Crippen molar-refractivity contribution in [2.75, 3.05) is 27.3 Å². The van der Waals surface area contributed by atoms with E-state index in [9.17, 15) is 81.5 Å². The second-order valence-corrected chi connectivity index (χ2v) is 36.8. The lowest BCUT2D eigenvalue weighted by Crippen LogP contribution is -2.48. The Morgan fingerprint density at radius 2 is 0.839 bits per heavy atom. The number of rotatable bonds is 18. The van der Waals surface area contributed by atoms with E-state index in [0.717, 1.165) is 27.7 Å². The Morgan fingerprint density at radius 1 is 0.509 bits per heavy atom. The number of fused-ring (bicyclic) bond motifs is 6. The van der Waals surface area contributed by atoms with E-state index in [2.05, 4.69) is 29.8 Å². The van der Waals surface area contributed by atoms with Crippen molar-refractivity contribution in [2.24, 2.45) is 58.2 Å². The molecule has 4 amide bonds. The third-order valence-corrected chi connectivity index (χ3v) is 27.0. The van der Waals surface area contributed by atoms with Gasteiger partial charge in [0.15, 0.2) is 11.6 Å². The van der Waals surface area contributed by atoms with E-state index in [1.54, 1.807) is 62.4 Å². The number of benzene rings is 2. The normalized spacial score (nSPS) is 29.7. The van der Waals surface area contributed by atoms with Crippen LogP contribution in [0, 0.1) is 58.2 Å². The molecule has 8 aliphatic rings. The average Bonchev–Trinajstić information content (AvgIpc) is 1.57. The fraction of sp³-hybridized carbons (Fsp3) is 0.641. The Labute approximate surface area is 646 Å². The molecule has 2 aromatic heterocycles. The number of hydrogen-bond acceptors (Lipinski definition) is 22. The second-order valence-electron chi connectivity index (χ2n) is 32.9. The number of carbonyl (C=O) groups excluding carboxylic acids is 8. The highest BCUT2D eigenvalue weighted by Gasteiger charge is 2.64. The molecule has 4 aliphatic carbocycles. The van der Waals surface area contributed by atoms with Gasteiger partial charge >= 0.3 is 24.3 Å². The zero-order chi connectivity index (χ0) is 81.6. The van der Waals surface area contributed by atoms with Gasteiger partial charge in [0.05, 0.1) is 107 Å². The van der Waals surface area contributed by atoms with Crippen molar-refractivity contribution in [3.8, 4) is 23.5 Å². The molecule has 26 nitrogen and oxygen atoms in total. The van der Waals surface area contributed by atoms with Crippen molar-refractivity contribution in [3.63, 3.8) is 0 Å². The second kappa shape index (κ2) is 32.7. The highest BCUT2D eigenvalue weighted by molar-refractivity contribution is 7.91. The predicted molar refractivity (Wildman–Crippen MR) is 393 cm³/mol. The van der Waals surface area contributed by atoms with Crippen LogP contribution in [0.25, 0.3) is 21.5 Å². The monoisotopic (exact) mass is 1610 g/mol. The van der Waals surface area contributed by atoms with E-state index in [1.165, 1.54) is 24.0 Å². The van der Waals surface area contributed by atoms with Gasteiger partial charge in [-0.3, -0.25) is 47.8 Å². The van der Waals surface area contributed by atoms with Crippen LogP contribution < -0.4 is 28.4 Å². The number of hydrogen-bond donors (Lipinski definition) is 2. The number of nitrogens with zero attached hydrogens (tertiary/aromatic N) is 6. The molecule has 612 valence electrons. The third-order valence-electron chi connectivity index (χ3n) is 23.4. The van der Waals surface area contributed by atoms with Crippen molar-refractivity contribution >= 4 is 88.7 Å². The standard InChI is InChI=1S/2C39H49F3N4O9S/c2*1-22-10-6-7-11-24-19-38(24,36(50)45-56(51,52)26-14-15-26)20-31(47)30-17-25(54-34-28-13-9-8-12-27(28)33(53-5)43-44-34)21-46(30)35(49)29(23(2)16-22)18-32(48)55-37(3,4)39(40,41)42/h2*7-9,11-13,22-26,29-30H,6,10,14-21H2,1-5H3,(H,45,50)/b2*11-7-/t22-,23+,24+,25+,29-,30-,38+;22-,23-,24-,25-,29+,30+,38-/m01/s1. The summed E-state index contributed by atoms with van der Waals surface area (Å²) in [5.41, 5.74) is -8.36. The molecule has 12 rings (SSSR count). The summed E-state index contributed by atoms with van der Waals surface area (Å²) in [5, 5.41) is 17.6. The highest BCUT2D eigenvalue weighted by Crippen LogP contribution is 2.59. The molecule has 4 aliphatic heterocycles. The summed E-state index contributed by atoms with van der Waals surface area (Å²) in [7, 11) is -4.97. The minimum atomic E-state index is -4.87. The molecule has 2 saturated heterocycles. The Hall–Kier alpha value is -8.56. The van der Waals surface area contributed by atoms with Gasteiger partial charge in [-0.2, -0.15) is 26.3 Å². The first kappa shape index (κ1) is 84.4. The quantitative estimate of drug-likeness (QED) is 0.0531. The first-order valence-corrected chi connectivity index (χ1v) is 41.2. The van der Waals surface area contributed by atoms with Crippen molar-refractivity contribution in [2.45, 2.75) is 229 Å². The number of ketones is 2. The summed E-state index contributed by atoms with van der Waals surface area (Å²) in [6, 6.07) is 11.8. The summed E-state index contributed by atoms with van der Waals surface area (Å²) in [5.74, 6) is -9.71. The highest BCUT2D eigenvalue weighted by atomic mass is 32.2. The molecule has 2 aromatic carbocycles. The number of alkyl halides is 6. The number of methoxy groups -OCH3 is 2. The molecule has 0 bridgehead atoms. The number of nitrogens with one attached hydrogen (secondary N) is 2. The molecule has 6 fully saturated rings. The lowest BCUT2D eigenvalue weighted by atomic mass is 9.82. The number of allylic oxidation sites excluding steroid dienone is 4. The summed E-state index contributed by atoms with van der Waals surface area (Å²) in [6.45, 7) is 10.1. The van der Waals surface area contributed by atoms with Gasteiger partial charge < -0.3 is 38.2 Å². The van der Waals surface area contributed by atoms with E-state index >= 15 is 0 Å². The number of esters is 2. The molecule has 6 heterocycles. The van der Waals surface area contributed by atoms with Crippen LogP contribution in [-0.2, 0) is 67.9 Å². The van der Waals surface area contributed by atoms with Crippen LogP contribution >= 0.6 is 0 Å². The van der Waals surface area contributed by atoms with Gasteiger partial charge in [-0.15, -0.1) is 20.4 Å². The van der Waals surface area contributed by atoms with Crippen LogP contribution in [0.2, 0.25) is 0 Å². The molecule has 0 unspecified atom stereocenters. The summed E-state index contributed by atoms with van der Waals surface area (Å²) >= 11 is 0. The smallest absolute Gasteiger partial charge is 0.427 e. The molecule has 0 spiro atoms. The molecule has 34 heteroatoms. The van der Waals surface area contributed by atoms with E-state index in [1.807, 2.05) is 38.2 Å². The Bertz CT molecular complexity index is 4290. The molecular weight excluding hydrogens is 1520 g/mol. The topological polar surface area (TPSA) is 342 Å². The van der Waals surface area contributed by atoms with E-state index in [0.29, 0.717) is 85.8 Å². The third kappa shape index (κ3) is 18.8. The Balaban J connectivity index is 0.000000221. The summed E-state index contributed by atoms with van der Waals surface area (Å²) in [6.07, 6.45) is -0.489. The van der Waals surface area contributed by atoms with Crippen molar-refractivity contribution in [1.82, 2.24) is 39.6 Å². The number of carbonyl (C=O) groups is 8. The van der Waals surface area contributed by atoms with Gasteiger partial charge in [0, 0.05) is 25.7 Å². The summed E-state index contributed by atoms with van der Waals surface area (Å²) in [4.78, 5) is 115. The van der Waals surface area contributed by atoms with Gasteiger partial charge in [-0.05, 0) is 165 Å². The maximum Gasteiger partial charge on any atom is 0.427 e. The first-order chi connectivity index (χ1) is 52.5. The van der Waals surface area contributed by atoms with E-state index < -0.39 is 185 Å². The van der Waals surface area contributed by atoms with Gasteiger partial charge in [0.2, 0.25) is 78.4 Å². The predicted octanol–water partition coefficient (Wildman–Crippen LogP) is 10.9. The molecule has 2 N–H and O–H groups in total. The minimum Gasteiger partial charge on any atom is -0.479 e. The van der Waals surface area contributed by atoms with Crippen LogP contribution in [-0.4, -0.2) is 180 Å². The number of Topliss-reactive ketones (excluding diaryl/α,β-unsaturated/α-hetero) is 2. The number of aromatic nitrogens is 4. The maximum absolute atomic E-state index is 14.8. The zero-order valence-corrected chi connectivity index (χ0v) is 65.9. The number of halogens is 6. The molecule has 112 heavy (non-hydrogen) atoms. The average molecular weight is 1610 g/mol. The first-order valence-electron chi connectivity index (χ1n) is 38.1. The lowest BCUT2D eigenvalue weighted by molar-refractivity contribution is -0.257. The SMILES string of the molecule is COc1nnc(O[C@@H]2C[C@H]3C(=O)C[C@]4(C(=O)NS(=O)(=O)C5CC5)C[C@H]4/C=C\CC[C@@H](C)C[C@@H](C)[C@H](CC(=O)OC(C)(C)C(F)(F)F)C(=O)N3C2)c2ccccc12.COc1nnc(O[C@@H]2C[C@H]3C(=O)C[C@]4(C(=O)NS(=O)(=O)C5CC5)C[C@H]4/C=C\CC[C@H](C)C[C@@H](C)[C@H](CC(=O)OC(C)(C)C(F)(F)F)C(=O)N3C2)c2ccccc12. The fourth-order valence-corrected chi connectivity index (χ4v) is 18.8. The number of ether oxygens (including phenoxy) is 6. The van der Waals surface area contributed by atoms with Gasteiger partial charge in [0.1, 0.15) is 12.2 Å². The van der Waals surface area contributed by atoms with Crippen molar-refractivity contribution in [1.29, 1.82) is 0 Å². The summed E-state index contributed by atoms with van der Waals surface area (Å²) < 4.78 is 172. The van der Waals surface area contributed by atoms with Gasteiger partial charge in [-0.25, -0.2) is 16.8 Å².